The Morgan fingerprint density at radius 1 is 1.16 bits per heavy atom. The minimum Gasteiger partial charge on any atom is -0.247 e. The second-order valence-corrected chi connectivity index (χ2v) is 8.09. The van der Waals surface area contributed by atoms with Gasteiger partial charge in [0.25, 0.3) is 0 Å². The fraction of sp³-hybridized carbons (Fsp3) is 1.00. The molecular formula is C18H31F. The van der Waals surface area contributed by atoms with Gasteiger partial charge in [0, 0.05) is 0 Å². The van der Waals surface area contributed by atoms with Crippen molar-refractivity contribution in [3.8, 4) is 0 Å². The molecule has 3 saturated carbocycles. The summed E-state index contributed by atoms with van der Waals surface area (Å²) in [5.74, 6) is 3.47. The van der Waals surface area contributed by atoms with Crippen LogP contribution in [0.15, 0.2) is 0 Å². The smallest absolute Gasteiger partial charge is 0.103 e. The van der Waals surface area contributed by atoms with Crippen molar-refractivity contribution in [2.75, 3.05) is 0 Å². The SMILES string of the molecule is CCC1C[C@@H]2CC(F)C3CCCCC3C2(C)CC1C. The van der Waals surface area contributed by atoms with E-state index >= 15 is 0 Å². The molecular weight excluding hydrogens is 235 g/mol. The summed E-state index contributed by atoms with van der Waals surface area (Å²) in [6, 6.07) is 0. The molecule has 1 heteroatoms. The first-order valence-electron chi connectivity index (χ1n) is 8.70. The molecule has 3 aliphatic rings. The quantitative estimate of drug-likeness (QED) is 0.578. The van der Waals surface area contributed by atoms with Gasteiger partial charge in [-0.05, 0) is 67.1 Å². The summed E-state index contributed by atoms with van der Waals surface area (Å²) in [4.78, 5) is 0. The molecule has 0 radical (unpaired) electrons. The molecule has 0 heterocycles. The Kier molecular flexibility index (Phi) is 3.69. The van der Waals surface area contributed by atoms with Crippen LogP contribution in [-0.4, -0.2) is 6.17 Å². The van der Waals surface area contributed by atoms with Crippen LogP contribution in [0.4, 0.5) is 4.39 Å². The van der Waals surface area contributed by atoms with Crippen LogP contribution in [0.25, 0.3) is 0 Å². The lowest BCUT2D eigenvalue weighted by molar-refractivity contribution is -0.115. The van der Waals surface area contributed by atoms with E-state index in [-0.39, 0.29) is 0 Å². The van der Waals surface area contributed by atoms with E-state index in [1.165, 1.54) is 44.9 Å². The topological polar surface area (TPSA) is 0 Å². The molecule has 0 N–H and O–H groups in total. The monoisotopic (exact) mass is 266 g/mol. The molecule has 0 amide bonds. The van der Waals surface area contributed by atoms with Crippen LogP contribution >= 0.6 is 0 Å². The summed E-state index contributed by atoms with van der Waals surface area (Å²) in [5, 5.41) is 0. The molecule has 3 fully saturated rings. The minimum atomic E-state index is -0.491. The van der Waals surface area contributed by atoms with Gasteiger partial charge in [0.05, 0.1) is 0 Å². The van der Waals surface area contributed by atoms with Gasteiger partial charge in [-0.15, -0.1) is 0 Å². The van der Waals surface area contributed by atoms with Crippen molar-refractivity contribution in [3.63, 3.8) is 0 Å². The van der Waals surface area contributed by atoms with E-state index in [0.717, 1.165) is 18.3 Å². The highest BCUT2D eigenvalue weighted by Crippen LogP contribution is 2.61. The van der Waals surface area contributed by atoms with Crippen LogP contribution in [0.2, 0.25) is 0 Å². The van der Waals surface area contributed by atoms with E-state index in [9.17, 15) is 4.39 Å². The highest BCUT2D eigenvalue weighted by Gasteiger charge is 2.55. The molecule has 0 aliphatic heterocycles. The van der Waals surface area contributed by atoms with Gasteiger partial charge in [-0.25, -0.2) is 4.39 Å². The number of hydrogen-bond donors (Lipinski definition) is 0. The van der Waals surface area contributed by atoms with E-state index in [1.54, 1.807) is 0 Å². The number of alkyl halides is 1. The molecule has 0 aromatic rings. The summed E-state index contributed by atoms with van der Waals surface area (Å²) in [5.41, 5.74) is 0.457. The lowest BCUT2D eigenvalue weighted by Gasteiger charge is -2.59. The summed E-state index contributed by atoms with van der Waals surface area (Å²) in [6.07, 6.45) is 9.44. The van der Waals surface area contributed by atoms with Gasteiger partial charge >= 0.3 is 0 Å². The number of fused-ring (bicyclic) bond motifs is 3. The largest absolute Gasteiger partial charge is 0.247 e. The van der Waals surface area contributed by atoms with Gasteiger partial charge < -0.3 is 0 Å². The zero-order valence-corrected chi connectivity index (χ0v) is 13.0. The Morgan fingerprint density at radius 2 is 1.89 bits per heavy atom. The first-order chi connectivity index (χ1) is 9.06. The first kappa shape index (κ1) is 13.9. The maximum absolute atomic E-state index is 14.6. The Labute approximate surface area is 118 Å². The normalized spacial score (nSPS) is 54.3. The predicted molar refractivity (Wildman–Crippen MR) is 78.7 cm³/mol. The van der Waals surface area contributed by atoms with E-state index in [1.807, 2.05) is 0 Å². The van der Waals surface area contributed by atoms with Crippen LogP contribution < -0.4 is 0 Å². The molecule has 7 atom stereocenters. The predicted octanol–water partition coefficient (Wildman–Crippen LogP) is 5.61. The van der Waals surface area contributed by atoms with Crippen molar-refractivity contribution in [1.82, 2.24) is 0 Å². The van der Waals surface area contributed by atoms with Gasteiger partial charge in [0.15, 0.2) is 0 Å². The molecule has 110 valence electrons. The van der Waals surface area contributed by atoms with Gasteiger partial charge in [-0.1, -0.05) is 40.0 Å². The Bertz CT molecular complexity index is 326. The summed E-state index contributed by atoms with van der Waals surface area (Å²) in [7, 11) is 0. The standard InChI is InChI=1S/C18H31F/c1-4-13-9-14-10-17(19)15-7-5-6-8-16(15)18(14,3)11-12(13)2/h12-17H,4-11H2,1-3H3/t12?,13?,14-,15?,16?,17?,18?/m1/s1. The third-order valence-corrected chi connectivity index (χ3v) is 7.25. The van der Waals surface area contributed by atoms with Crippen molar-refractivity contribution in [2.45, 2.75) is 78.3 Å². The van der Waals surface area contributed by atoms with Gasteiger partial charge in [-0.3, -0.25) is 0 Å². The molecule has 0 saturated heterocycles. The first-order valence-corrected chi connectivity index (χ1v) is 8.70. The van der Waals surface area contributed by atoms with Crippen molar-refractivity contribution in [1.29, 1.82) is 0 Å². The fourth-order valence-corrected chi connectivity index (χ4v) is 6.14. The summed E-state index contributed by atoms with van der Waals surface area (Å²) >= 11 is 0. The highest BCUT2D eigenvalue weighted by atomic mass is 19.1. The van der Waals surface area contributed by atoms with Crippen LogP contribution in [0.1, 0.15) is 72.1 Å². The average Bonchev–Trinajstić information content (AvgIpc) is 2.41. The summed E-state index contributed by atoms with van der Waals surface area (Å²) < 4.78 is 14.6. The van der Waals surface area contributed by atoms with Crippen LogP contribution in [-0.2, 0) is 0 Å². The lowest BCUT2D eigenvalue weighted by atomic mass is 9.47. The fourth-order valence-electron chi connectivity index (χ4n) is 6.14. The molecule has 0 spiro atoms. The molecule has 19 heavy (non-hydrogen) atoms. The minimum absolute atomic E-state index is 0.403. The van der Waals surface area contributed by atoms with Crippen molar-refractivity contribution in [2.24, 2.45) is 35.0 Å². The summed E-state index contributed by atoms with van der Waals surface area (Å²) in [6.45, 7) is 7.30. The second kappa shape index (κ2) is 5.04. The lowest BCUT2D eigenvalue weighted by Crippen LogP contribution is -2.53. The Hall–Kier alpha value is -0.0700. The van der Waals surface area contributed by atoms with Crippen molar-refractivity contribution < 1.29 is 4.39 Å². The van der Waals surface area contributed by atoms with Crippen LogP contribution in [0.3, 0.4) is 0 Å². The zero-order valence-electron chi connectivity index (χ0n) is 13.0. The number of halogens is 1. The molecule has 0 aromatic carbocycles. The van der Waals surface area contributed by atoms with Crippen LogP contribution in [0, 0.1) is 35.0 Å². The molecule has 3 aliphatic carbocycles. The van der Waals surface area contributed by atoms with Crippen molar-refractivity contribution >= 4 is 0 Å². The third-order valence-electron chi connectivity index (χ3n) is 7.25. The van der Waals surface area contributed by atoms with Gasteiger partial charge in [-0.2, -0.15) is 0 Å². The Balaban J connectivity index is 1.86. The zero-order chi connectivity index (χ0) is 13.6. The molecule has 6 unspecified atom stereocenters. The van der Waals surface area contributed by atoms with Crippen molar-refractivity contribution in [3.05, 3.63) is 0 Å². The maximum Gasteiger partial charge on any atom is 0.103 e. The van der Waals surface area contributed by atoms with E-state index in [4.69, 9.17) is 0 Å². The third kappa shape index (κ3) is 2.16. The molecule has 0 nitrogen and oxygen atoms in total. The van der Waals surface area contributed by atoms with Gasteiger partial charge in [0.2, 0.25) is 0 Å². The molecule has 0 bridgehead atoms. The molecule has 3 rings (SSSR count). The van der Waals surface area contributed by atoms with E-state index in [2.05, 4.69) is 20.8 Å². The Morgan fingerprint density at radius 3 is 2.63 bits per heavy atom. The van der Waals surface area contributed by atoms with E-state index in [0.29, 0.717) is 23.2 Å². The van der Waals surface area contributed by atoms with E-state index < -0.39 is 6.17 Å². The maximum atomic E-state index is 14.6. The van der Waals surface area contributed by atoms with Crippen LogP contribution in [0.5, 0.6) is 0 Å². The molecule has 0 aromatic heterocycles. The highest BCUT2D eigenvalue weighted by molar-refractivity contribution is 5.04. The van der Waals surface area contributed by atoms with Gasteiger partial charge in [0.1, 0.15) is 6.17 Å². The number of rotatable bonds is 1. The second-order valence-electron chi connectivity index (χ2n) is 8.09. The number of hydrogen-bond acceptors (Lipinski definition) is 0. The average molecular weight is 266 g/mol.